The van der Waals surface area contributed by atoms with E-state index in [1.165, 1.54) is 0 Å². The van der Waals surface area contributed by atoms with Crippen LogP contribution < -0.4 is 5.32 Å². The van der Waals surface area contributed by atoms with Gasteiger partial charge in [-0.15, -0.1) is 12.3 Å². The van der Waals surface area contributed by atoms with Gasteiger partial charge >= 0.3 is 0 Å². The maximum atomic E-state index is 5.57. The number of methoxy groups -OCH3 is 1. The van der Waals surface area contributed by atoms with Crippen LogP contribution in [-0.4, -0.2) is 25.8 Å². The molecule has 0 amide bonds. The lowest BCUT2D eigenvalue weighted by atomic mass is 9.83. The van der Waals surface area contributed by atoms with E-state index in [4.69, 9.17) is 11.2 Å². The third kappa shape index (κ3) is 5.20. The summed E-state index contributed by atoms with van der Waals surface area (Å²) in [6, 6.07) is 0.250. The number of rotatable bonds is 6. The van der Waals surface area contributed by atoms with Crippen LogP contribution in [0.2, 0.25) is 0 Å². The van der Waals surface area contributed by atoms with E-state index in [0.717, 1.165) is 19.4 Å². The predicted molar refractivity (Wildman–Crippen MR) is 65.8 cm³/mol. The standard InChI is InChI=1S/C13H25NO/c1-7-9-11(14-10-8-2)12(15-6)13(3,4)5/h1,11-12,14H,8-10H2,2-6H3. The molecule has 0 aliphatic carbocycles. The summed E-state index contributed by atoms with van der Waals surface area (Å²) in [5.41, 5.74) is 0.108. The third-order valence-electron chi connectivity index (χ3n) is 2.47. The average Bonchev–Trinajstić information content (AvgIpc) is 2.13. The molecule has 0 aliphatic heterocycles. The van der Waals surface area contributed by atoms with Gasteiger partial charge in [0.05, 0.1) is 6.10 Å². The Hall–Kier alpha value is -0.520. The van der Waals surface area contributed by atoms with Crippen molar-refractivity contribution in [2.75, 3.05) is 13.7 Å². The first-order valence-electron chi connectivity index (χ1n) is 5.67. The lowest BCUT2D eigenvalue weighted by Crippen LogP contribution is -2.47. The summed E-state index contributed by atoms with van der Waals surface area (Å²) >= 11 is 0. The van der Waals surface area contributed by atoms with Crippen molar-refractivity contribution in [3.63, 3.8) is 0 Å². The molecule has 0 aromatic heterocycles. The van der Waals surface area contributed by atoms with Gasteiger partial charge in [-0.2, -0.15) is 0 Å². The molecule has 2 heteroatoms. The van der Waals surface area contributed by atoms with Crippen molar-refractivity contribution in [2.45, 2.75) is 52.7 Å². The van der Waals surface area contributed by atoms with E-state index in [9.17, 15) is 0 Å². The number of ether oxygens (including phenoxy) is 1. The first kappa shape index (κ1) is 14.5. The van der Waals surface area contributed by atoms with Crippen molar-refractivity contribution in [1.82, 2.24) is 5.32 Å². The minimum absolute atomic E-state index is 0.108. The predicted octanol–water partition coefficient (Wildman–Crippen LogP) is 2.44. The molecule has 0 saturated carbocycles. The van der Waals surface area contributed by atoms with Gasteiger partial charge in [0.2, 0.25) is 0 Å². The van der Waals surface area contributed by atoms with E-state index in [0.29, 0.717) is 0 Å². The van der Waals surface area contributed by atoms with Gasteiger partial charge in [0.1, 0.15) is 0 Å². The Balaban J connectivity index is 4.49. The fourth-order valence-corrected chi connectivity index (χ4v) is 1.86. The summed E-state index contributed by atoms with van der Waals surface area (Å²) < 4.78 is 5.57. The fraction of sp³-hybridized carbons (Fsp3) is 0.846. The van der Waals surface area contributed by atoms with Crippen LogP contribution in [0.15, 0.2) is 0 Å². The molecule has 0 radical (unpaired) electrons. The number of nitrogens with one attached hydrogen (secondary N) is 1. The number of terminal acetylenes is 1. The molecule has 0 spiro atoms. The molecule has 2 atom stereocenters. The molecule has 15 heavy (non-hydrogen) atoms. The van der Waals surface area contributed by atoms with Crippen LogP contribution in [0.5, 0.6) is 0 Å². The first-order chi connectivity index (χ1) is 6.97. The molecule has 0 aromatic carbocycles. The van der Waals surface area contributed by atoms with Crippen LogP contribution in [-0.2, 0) is 4.74 Å². The molecule has 0 saturated heterocycles. The summed E-state index contributed by atoms with van der Waals surface area (Å²) in [4.78, 5) is 0. The van der Waals surface area contributed by atoms with Crippen LogP contribution in [0, 0.1) is 17.8 Å². The monoisotopic (exact) mass is 211 g/mol. The van der Waals surface area contributed by atoms with Gasteiger partial charge in [-0.3, -0.25) is 0 Å². The summed E-state index contributed by atoms with van der Waals surface area (Å²) in [6.45, 7) is 9.68. The minimum Gasteiger partial charge on any atom is -0.379 e. The Morgan fingerprint density at radius 3 is 2.33 bits per heavy atom. The van der Waals surface area contributed by atoms with Gasteiger partial charge < -0.3 is 10.1 Å². The molecule has 0 aromatic rings. The highest BCUT2D eigenvalue weighted by atomic mass is 16.5. The summed E-state index contributed by atoms with van der Waals surface area (Å²) in [7, 11) is 1.76. The Labute approximate surface area is 94.8 Å². The Morgan fingerprint density at radius 2 is 2.00 bits per heavy atom. The second-order valence-corrected chi connectivity index (χ2v) is 4.99. The van der Waals surface area contributed by atoms with Gasteiger partial charge in [0, 0.05) is 19.6 Å². The van der Waals surface area contributed by atoms with Gasteiger partial charge in [-0.25, -0.2) is 0 Å². The maximum absolute atomic E-state index is 5.57. The van der Waals surface area contributed by atoms with Gasteiger partial charge in [-0.1, -0.05) is 27.7 Å². The highest BCUT2D eigenvalue weighted by molar-refractivity contribution is 4.96. The molecule has 1 N–H and O–H groups in total. The van der Waals surface area contributed by atoms with Crippen molar-refractivity contribution in [3.8, 4) is 12.3 Å². The van der Waals surface area contributed by atoms with E-state index in [-0.39, 0.29) is 17.6 Å². The number of hydrogen-bond donors (Lipinski definition) is 1. The summed E-state index contributed by atoms with van der Waals surface area (Å²) in [5.74, 6) is 2.72. The third-order valence-corrected chi connectivity index (χ3v) is 2.47. The number of hydrogen-bond acceptors (Lipinski definition) is 2. The van der Waals surface area contributed by atoms with E-state index in [1.807, 2.05) is 0 Å². The van der Waals surface area contributed by atoms with Gasteiger partial charge in [0.15, 0.2) is 0 Å². The molecule has 88 valence electrons. The van der Waals surface area contributed by atoms with Gasteiger partial charge in [-0.05, 0) is 18.4 Å². The zero-order valence-corrected chi connectivity index (χ0v) is 10.8. The molecule has 2 unspecified atom stereocenters. The smallest absolute Gasteiger partial charge is 0.0781 e. The van der Waals surface area contributed by atoms with Crippen LogP contribution in [0.1, 0.15) is 40.5 Å². The molecule has 2 nitrogen and oxygen atoms in total. The van der Waals surface area contributed by atoms with Crippen molar-refractivity contribution >= 4 is 0 Å². The Kier molecular flexibility index (Phi) is 6.63. The van der Waals surface area contributed by atoms with Crippen LogP contribution in [0.4, 0.5) is 0 Å². The Bertz CT molecular complexity index is 200. The second kappa shape index (κ2) is 6.87. The van der Waals surface area contributed by atoms with E-state index < -0.39 is 0 Å². The largest absolute Gasteiger partial charge is 0.379 e. The average molecular weight is 211 g/mol. The van der Waals surface area contributed by atoms with Crippen LogP contribution in [0.3, 0.4) is 0 Å². The molecule has 0 heterocycles. The minimum atomic E-state index is 0.108. The van der Waals surface area contributed by atoms with Crippen molar-refractivity contribution in [1.29, 1.82) is 0 Å². The van der Waals surface area contributed by atoms with Crippen molar-refractivity contribution in [3.05, 3.63) is 0 Å². The normalized spacial score (nSPS) is 15.7. The van der Waals surface area contributed by atoms with E-state index in [2.05, 4.69) is 38.9 Å². The zero-order chi connectivity index (χ0) is 11.9. The lowest BCUT2D eigenvalue weighted by Gasteiger charge is -2.35. The van der Waals surface area contributed by atoms with E-state index in [1.54, 1.807) is 7.11 Å². The highest BCUT2D eigenvalue weighted by Gasteiger charge is 2.31. The van der Waals surface area contributed by atoms with E-state index >= 15 is 0 Å². The maximum Gasteiger partial charge on any atom is 0.0781 e. The van der Waals surface area contributed by atoms with Gasteiger partial charge in [0.25, 0.3) is 0 Å². The summed E-state index contributed by atoms with van der Waals surface area (Å²) in [6.07, 6.45) is 7.38. The molecule has 0 bridgehead atoms. The molecule has 0 rings (SSSR count). The Morgan fingerprint density at radius 1 is 1.40 bits per heavy atom. The highest BCUT2D eigenvalue weighted by Crippen LogP contribution is 2.25. The fourth-order valence-electron chi connectivity index (χ4n) is 1.86. The molecular formula is C13H25NO. The van der Waals surface area contributed by atoms with Crippen LogP contribution >= 0.6 is 0 Å². The first-order valence-corrected chi connectivity index (χ1v) is 5.67. The molecule has 0 fully saturated rings. The van der Waals surface area contributed by atoms with Crippen molar-refractivity contribution < 1.29 is 4.74 Å². The lowest BCUT2D eigenvalue weighted by molar-refractivity contribution is -0.00979. The quantitative estimate of drug-likeness (QED) is 0.681. The second-order valence-electron chi connectivity index (χ2n) is 4.99. The topological polar surface area (TPSA) is 21.3 Å². The van der Waals surface area contributed by atoms with Crippen molar-refractivity contribution in [2.24, 2.45) is 5.41 Å². The van der Waals surface area contributed by atoms with Crippen LogP contribution in [0.25, 0.3) is 0 Å². The zero-order valence-electron chi connectivity index (χ0n) is 10.8. The summed E-state index contributed by atoms with van der Waals surface area (Å²) in [5, 5.41) is 3.46. The molecule has 0 aliphatic rings. The molecular weight excluding hydrogens is 186 g/mol. The SMILES string of the molecule is C#CCC(NCCC)C(OC)C(C)(C)C.